The summed E-state index contributed by atoms with van der Waals surface area (Å²) in [7, 11) is 3.02. The summed E-state index contributed by atoms with van der Waals surface area (Å²) in [5.74, 6) is 0.475. The second-order valence-electron chi connectivity index (χ2n) is 6.23. The monoisotopic (exact) mass is 341 g/mol. The fourth-order valence-electron chi connectivity index (χ4n) is 3.16. The van der Waals surface area contributed by atoms with Crippen LogP contribution in [0, 0.1) is 0 Å². The summed E-state index contributed by atoms with van der Waals surface area (Å²) in [6.07, 6.45) is 1.38. The Morgan fingerprint density at radius 1 is 0.960 bits per heavy atom. The van der Waals surface area contributed by atoms with Gasteiger partial charge in [0.2, 0.25) is 0 Å². The fraction of sp³-hybridized carbons (Fsp3) is 0.350. The molecule has 25 heavy (non-hydrogen) atoms. The zero-order valence-corrected chi connectivity index (χ0v) is 14.5. The number of ether oxygens (including phenoxy) is 3. The number of rotatable bonds is 4. The molecule has 0 spiro atoms. The molecule has 2 aromatic rings. The van der Waals surface area contributed by atoms with E-state index < -0.39 is 0 Å². The second-order valence-corrected chi connectivity index (χ2v) is 6.23. The molecular weight excluding hydrogens is 318 g/mol. The summed E-state index contributed by atoms with van der Waals surface area (Å²) in [4.78, 5) is 11.6. The SMILES string of the molecule is COC(=O)c1ccc([C@H]2CC(N)C[C@@H](c3ccc(OC)cc3)O2)cc1. The van der Waals surface area contributed by atoms with Crippen LogP contribution >= 0.6 is 0 Å². The van der Waals surface area contributed by atoms with Crippen molar-refractivity contribution >= 4 is 5.97 Å². The van der Waals surface area contributed by atoms with Crippen LogP contribution in [0.4, 0.5) is 0 Å². The molecule has 3 rings (SSSR count). The largest absolute Gasteiger partial charge is 0.497 e. The highest BCUT2D eigenvalue weighted by molar-refractivity contribution is 5.89. The van der Waals surface area contributed by atoms with Crippen molar-refractivity contribution in [1.82, 2.24) is 0 Å². The smallest absolute Gasteiger partial charge is 0.337 e. The predicted molar refractivity (Wildman–Crippen MR) is 94.6 cm³/mol. The molecule has 5 nitrogen and oxygen atoms in total. The summed E-state index contributed by atoms with van der Waals surface area (Å²) >= 11 is 0. The Morgan fingerprint density at radius 3 is 1.96 bits per heavy atom. The highest BCUT2D eigenvalue weighted by atomic mass is 16.5. The van der Waals surface area contributed by atoms with Crippen molar-refractivity contribution in [2.24, 2.45) is 5.73 Å². The molecule has 3 atom stereocenters. The van der Waals surface area contributed by atoms with E-state index in [0.717, 1.165) is 29.7 Å². The molecule has 1 saturated heterocycles. The molecule has 0 amide bonds. The van der Waals surface area contributed by atoms with Gasteiger partial charge in [0.1, 0.15) is 5.75 Å². The molecule has 0 aliphatic carbocycles. The summed E-state index contributed by atoms with van der Waals surface area (Å²) in [6, 6.07) is 15.3. The summed E-state index contributed by atoms with van der Waals surface area (Å²) in [6.45, 7) is 0. The van der Waals surface area contributed by atoms with Crippen LogP contribution in [0.1, 0.15) is 46.5 Å². The first kappa shape index (κ1) is 17.5. The summed E-state index contributed by atoms with van der Waals surface area (Å²) in [5, 5.41) is 0. The zero-order chi connectivity index (χ0) is 17.8. The quantitative estimate of drug-likeness (QED) is 0.863. The Morgan fingerprint density at radius 2 is 1.48 bits per heavy atom. The number of esters is 1. The molecule has 0 saturated carbocycles. The van der Waals surface area contributed by atoms with Crippen LogP contribution in [-0.2, 0) is 9.47 Å². The van der Waals surface area contributed by atoms with E-state index >= 15 is 0 Å². The van der Waals surface area contributed by atoms with Gasteiger partial charge in [-0.3, -0.25) is 0 Å². The topological polar surface area (TPSA) is 70.8 Å². The number of hydrogen-bond acceptors (Lipinski definition) is 5. The lowest BCUT2D eigenvalue weighted by molar-refractivity contribution is -0.0605. The Balaban J connectivity index is 1.76. The van der Waals surface area contributed by atoms with Gasteiger partial charge in [0.25, 0.3) is 0 Å². The van der Waals surface area contributed by atoms with Gasteiger partial charge in [-0.1, -0.05) is 24.3 Å². The average Bonchev–Trinajstić information content (AvgIpc) is 2.67. The maximum Gasteiger partial charge on any atom is 0.337 e. The van der Waals surface area contributed by atoms with Gasteiger partial charge in [-0.2, -0.15) is 0 Å². The van der Waals surface area contributed by atoms with E-state index in [0.29, 0.717) is 5.56 Å². The maximum atomic E-state index is 11.6. The Bertz CT molecular complexity index is 711. The van der Waals surface area contributed by atoms with Crippen LogP contribution in [0.3, 0.4) is 0 Å². The van der Waals surface area contributed by atoms with Gasteiger partial charge in [-0.25, -0.2) is 4.79 Å². The Kier molecular flexibility index (Phi) is 5.36. The normalized spacial score (nSPS) is 23.1. The minimum atomic E-state index is -0.344. The van der Waals surface area contributed by atoms with Crippen molar-refractivity contribution in [3.8, 4) is 5.75 Å². The first-order valence-corrected chi connectivity index (χ1v) is 8.34. The molecule has 0 aromatic heterocycles. The minimum Gasteiger partial charge on any atom is -0.497 e. The molecule has 2 N–H and O–H groups in total. The van der Waals surface area contributed by atoms with Crippen molar-refractivity contribution in [3.63, 3.8) is 0 Å². The minimum absolute atomic E-state index is 0.0556. The van der Waals surface area contributed by atoms with Gasteiger partial charge in [0.05, 0.1) is 32.0 Å². The van der Waals surface area contributed by atoms with Crippen LogP contribution in [0.15, 0.2) is 48.5 Å². The van der Waals surface area contributed by atoms with Gasteiger partial charge in [0, 0.05) is 6.04 Å². The summed E-state index contributed by atoms with van der Waals surface area (Å²) in [5.41, 5.74) is 8.90. The first-order valence-electron chi connectivity index (χ1n) is 8.34. The van der Waals surface area contributed by atoms with Crippen molar-refractivity contribution < 1.29 is 19.0 Å². The lowest BCUT2D eigenvalue weighted by Crippen LogP contribution is -2.32. The van der Waals surface area contributed by atoms with E-state index in [1.54, 1.807) is 19.2 Å². The molecule has 0 radical (unpaired) electrons. The van der Waals surface area contributed by atoms with Crippen molar-refractivity contribution in [2.75, 3.05) is 14.2 Å². The van der Waals surface area contributed by atoms with Crippen LogP contribution in [0.25, 0.3) is 0 Å². The van der Waals surface area contributed by atoms with E-state index in [1.165, 1.54) is 7.11 Å². The molecule has 1 heterocycles. The molecule has 1 fully saturated rings. The van der Waals surface area contributed by atoms with Crippen LogP contribution < -0.4 is 10.5 Å². The van der Waals surface area contributed by atoms with Gasteiger partial charge in [-0.05, 0) is 48.2 Å². The summed E-state index contributed by atoms with van der Waals surface area (Å²) < 4.78 is 16.2. The number of carbonyl (C=O) groups is 1. The van der Waals surface area contributed by atoms with E-state index in [-0.39, 0.29) is 24.2 Å². The highest BCUT2D eigenvalue weighted by Crippen LogP contribution is 2.38. The van der Waals surface area contributed by atoms with E-state index in [1.807, 2.05) is 36.4 Å². The zero-order valence-electron chi connectivity index (χ0n) is 14.5. The van der Waals surface area contributed by atoms with Crippen LogP contribution in [0.5, 0.6) is 5.75 Å². The number of carbonyl (C=O) groups excluding carboxylic acids is 1. The van der Waals surface area contributed by atoms with E-state index in [2.05, 4.69) is 0 Å². The van der Waals surface area contributed by atoms with E-state index in [4.69, 9.17) is 19.9 Å². The molecule has 1 unspecified atom stereocenters. The Hall–Kier alpha value is -2.37. The number of hydrogen-bond donors (Lipinski definition) is 1. The second kappa shape index (κ2) is 7.68. The molecule has 0 bridgehead atoms. The van der Waals surface area contributed by atoms with Gasteiger partial charge < -0.3 is 19.9 Å². The molecule has 1 aliphatic heterocycles. The fourth-order valence-corrected chi connectivity index (χ4v) is 3.16. The third kappa shape index (κ3) is 4.00. The average molecular weight is 341 g/mol. The Labute approximate surface area is 147 Å². The van der Waals surface area contributed by atoms with Gasteiger partial charge in [-0.15, -0.1) is 0 Å². The molecule has 5 heteroatoms. The van der Waals surface area contributed by atoms with Crippen molar-refractivity contribution in [3.05, 3.63) is 65.2 Å². The predicted octanol–water partition coefficient (Wildman–Crippen LogP) is 3.40. The van der Waals surface area contributed by atoms with Crippen LogP contribution in [0.2, 0.25) is 0 Å². The van der Waals surface area contributed by atoms with Crippen LogP contribution in [-0.4, -0.2) is 26.2 Å². The third-order valence-electron chi connectivity index (χ3n) is 4.55. The third-order valence-corrected chi connectivity index (χ3v) is 4.55. The lowest BCUT2D eigenvalue weighted by atomic mass is 9.91. The molecule has 2 aromatic carbocycles. The van der Waals surface area contributed by atoms with Gasteiger partial charge >= 0.3 is 5.97 Å². The van der Waals surface area contributed by atoms with Gasteiger partial charge in [0.15, 0.2) is 0 Å². The standard InChI is InChI=1S/C20H23NO4/c1-23-17-9-7-14(8-10-17)19-12-16(21)11-18(25-19)13-3-5-15(6-4-13)20(22)24-2/h3-10,16,18-19H,11-12,21H2,1-2H3/t16?,18-,19+/m1/s1. The molecular formula is C20H23NO4. The van der Waals surface area contributed by atoms with Crippen molar-refractivity contribution in [1.29, 1.82) is 0 Å². The number of benzene rings is 2. The lowest BCUT2D eigenvalue weighted by Gasteiger charge is -2.34. The first-order chi connectivity index (χ1) is 12.1. The number of methoxy groups -OCH3 is 2. The highest BCUT2D eigenvalue weighted by Gasteiger charge is 2.29. The molecule has 132 valence electrons. The van der Waals surface area contributed by atoms with Crippen molar-refractivity contribution in [2.45, 2.75) is 31.1 Å². The van der Waals surface area contributed by atoms with E-state index in [9.17, 15) is 4.79 Å². The number of nitrogens with two attached hydrogens (primary N) is 1. The molecule has 1 aliphatic rings. The maximum absolute atomic E-state index is 11.6.